The molecule has 182 valence electrons. The van der Waals surface area contributed by atoms with Gasteiger partial charge >= 0.3 is 4.87 Å². The van der Waals surface area contributed by atoms with Gasteiger partial charge in [-0.05, 0) is 85.3 Å². The number of rotatable bonds is 11. The molecule has 0 saturated carbocycles. The Morgan fingerprint density at radius 3 is 2.46 bits per heavy atom. The number of aromatic nitrogens is 1. The van der Waals surface area contributed by atoms with Gasteiger partial charge in [0.15, 0.2) is 0 Å². The smallest absolute Gasteiger partial charge is 0.307 e. The van der Waals surface area contributed by atoms with Crippen LogP contribution in [-0.2, 0) is 12.8 Å². The van der Waals surface area contributed by atoms with E-state index in [0.717, 1.165) is 54.8 Å². The summed E-state index contributed by atoms with van der Waals surface area (Å²) in [5.41, 5.74) is 3.32. The van der Waals surface area contributed by atoms with Gasteiger partial charge in [0.1, 0.15) is 23.1 Å². The van der Waals surface area contributed by atoms with Crippen molar-refractivity contribution in [1.82, 2.24) is 4.98 Å². The second kappa shape index (κ2) is 11.7. The van der Waals surface area contributed by atoms with Gasteiger partial charge in [-0.25, -0.2) is 4.39 Å². The van der Waals surface area contributed by atoms with E-state index in [-0.39, 0.29) is 16.6 Å². The van der Waals surface area contributed by atoms with Crippen molar-refractivity contribution >= 4 is 11.3 Å². The third kappa shape index (κ3) is 6.73. The molecule has 4 rings (SSSR count). The van der Waals surface area contributed by atoms with E-state index in [0.29, 0.717) is 23.0 Å². The number of thiazole rings is 1. The number of aromatic amines is 1. The zero-order chi connectivity index (χ0) is 24.6. The molecule has 3 aromatic carbocycles. The summed E-state index contributed by atoms with van der Waals surface area (Å²) in [6.07, 6.45) is 4.83. The number of aryl methyl sites for hydroxylation is 2. The summed E-state index contributed by atoms with van der Waals surface area (Å²) in [6, 6.07) is 19.6. The molecule has 2 N–H and O–H groups in total. The minimum Gasteiger partial charge on any atom is -0.494 e. The van der Waals surface area contributed by atoms with E-state index >= 15 is 0 Å². The first-order chi connectivity index (χ1) is 17.0. The normalized spacial score (nSPS) is 10.9. The molecular weight excluding hydrogens is 465 g/mol. The highest BCUT2D eigenvalue weighted by atomic mass is 32.1. The van der Waals surface area contributed by atoms with Crippen LogP contribution in [0.5, 0.6) is 23.1 Å². The summed E-state index contributed by atoms with van der Waals surface area (Å²) in [7, 11) is 0. The predicted molar refractivity (Wildman–Crippen MR) is 137 cm³/mol. The lowest BCUT2D eigenvalue weighted by molar-refractivity contribution is 0.307. The first-order valence-corrected chi connectivity index (χ1v) is 12.5. The maximum atomic E-state index is 13.1. The highest BCUT2D eigenvalue weighted by Gasteiger charge is 2.10. The van der Waals surface area contributed by atoms with Gasteiger partial charge in [-0.2, -0.15) is 0 Å². The van der Waals surface area contributed by atoms with Gasteiger partial charge in [0.25, 0.3) is 0 Å². The lowest BCUT2D eigenvalue weighted by atomic mass is 9.98. The molecule has 0 bridgehead atoms. The van der Waals surface area contributed by atoms with E-state index < -0.39 is 0 Å². The van der Waals surface area contributed by atoms with Crippen LogP contribution in [-0.4, -0.2) is 16.7 Å². The molecule has 0 saturated heterocycles. The monoisotopic (exact) mass is 493 g/mol. The second-order valence-corrected chi connectivity index (χ2v) is 9.25. The molecular formula is C28H28FNO4S. The number of hydrogen-bond acceptors (Lipinski definition) is 5. The van der Waals surface area contributed by atoms with Crippen molar-refractivity contribution in [3.63, 3.8) is 0 Å². The van der Waals surface area contributed by atoms with Crippen LogP contribution in [0.15, 0.2) is 71.5 Å². The van der Waals surface area contributed by atoms with Gasteiger partial charge in [0.2, 0.25) is 5.88 Å². The molecule has 0 fully saturated rings. The molecule has 7 heteroatoms. The fourth-order valence-corrected chi connectivity index (χ4v) is 4.63. The summed E-state index contributed by atoms with van der Waals surface area (Å²) >= 11 is 0.972. The van der Waals surface area contributed by atoms with Gasteiger partial charge in [-0.15, -0.1) is 0 Å². The van der Waals surface area contributed by atoms with Crippen molar-refractivity contribution in [3.05, 3.63) is 93.3 Å². The summed E-state index contributed by atoms with van der Waals surface area (Å²) in [6.45, 7) is 2.73. The molecule has 1 heterocycles. The SMILES string of the molecule is CCCc1cc(Oc2ccc(F)cc2)ccc1CCCCOc1cccc(-c2sc(=O)[nH]c2O)c1. The van der Waals surface area contributed by atoms with E-state index in [1.165, 1.54) is 23.3 Å². The van der Waals surface area contributed by atoms with Crippen molar-refractivity contribution in [2.75, 3.05) is 6.61 Å². The number of H-pyrrole nitrogens is 1. The molecule has 0 radical (unpaired) electrons. The minimum atomic E-state index is -0.290. The quantitative estimate of drug-likeness (QED) is 0.219. The Bertz CT molecular complexity index is 1310. The van der Waals surface area contributed by atoms with Crippen LogP contribution < -0.4 is 14.3 Å². The molecule has 0 unspecified atom stereocenters. The predicted octanol–water partition coefficient (Wildman–Crippen LogP) is 7.09. The highest BCUT2D eigenvalue weighted by Crippen LogP contribution is 2.32. The molecule has 0 amide bonds. The zero-order valence-corrected chi connectivity index (χ0v) is 20.4. The van der Waals surface area contributed by atoms with Crippen LogP contribution in [0.25, 0.3) is 10.4 Å². The van der Waals surface area contributed by atoms with Crippen LogP contribution in [0.3, 0.4) is 0 Å². The molecule has 0 aliphatic heterocycles. The maximum absolute atomic E-state index is 13.1. The fourth-order valence-electron chi connectivity index (χ4n) is 3.90. The first-order valence-electron chi connectivity index (χ1n) is 11.7. The number of aromatic hydroxyl groups is 1. The maximum Gasteiger partial charge on any atom is 0.307 e. The molecule has 35 heavy (non-hydrogen) atoms. The van der Waals surface area contributed by atoms with Crippen molar-refractivity contribution in [2.45, 2.75) is 39.0 Å². The van der Waals surface area contributed by atoms with E-state index in [4.69, 9.17) is 9.47 Å². The number of nitrogens with one attached hydrogen (secondary N) is 1. The second-order valence-electron chi connectivity index (χ2n) is 8.26. The third-order valence-corrected chi connectivity index (χ3v) is 6.50. The largest absolute Gasteiger partial charge is 0.494 e. The number of hydrogen-bond donors (Lipinski definition) is 2. The van der Waals surface area contributed by atoms with Gasteiger partial charge in [0, 0.05) is 5.56 Å². The lowest BCUT2D eigenvalue weighted by Gasteiger charge is -2.13. The molecule has 0 aliphatic rings. The number of benzene rings is 3. The molecule has 0 aliphatic carbocycles. The average molecular weight is 494 g/mol. The van der Waals surface area contributed by atoms with Crippen molar-refractivity contribution in [3.8, 4) is 33.6 Å². The molecule has 5 nitrogen and oxygen atoms in total. The first kappa shape index (κ1) is 24.5. The molecule has 4 aromatic rings. The molecule has 1 aromatic heterocycles. The van der Waals surface area contributed by atoms with Gasteiger partial charge in [-0.1, -0.05) is 42.9 Å². The van der Waals surface area contributed by atoms with E-state index in [1.807, 2.05) is 30.3 Å². The average Bonchev–Trinajstić information content (AvgIpc) is 3.20. The van der Waals surface area contributed by atoms with Crippen LogP contribution in [0.1, 0.15) is 37.3 Å². The minimum absolute atomic E-state index is 0.117. The molecule has 0 spiro atoms. The number of halogens is 1. The van der Waals surface area contributed by atoms with Crippen LogP contribution in [0.4, 0.5) is 4.39 Å². The highest BCUT2D eigenvalue weighted by molar-refractivity contribution is 7.13. The van der Waals surface area contributed by atoms with Crippen molar-refractivity contribution in [1.29, 1.82) is 0 Å². The van der Waals surface area contributed by atoms with Crippen molar-refractivity contribution in [2.24, 2.45) is 0 Å². The Balaban J connectivity index is 1.30. The number of unbranched alkanes of at least 4 members (excludes halogenated alkanes) is 1. The third-order valence-electron chi connectivity index (χ3n) is 5.58. The molecule has 0 atom stereocenters. The van der Waals surface area contributed by atoms with Crippen LogP contribution in [0, 0.1) is 5.82 Å². The Morgan fingerprint density at radius 2 is 1.71 bits per heavy atom. The van der Waals surface area contributed by atoms with Gasteiger partial charge < -0.3 is 14.6 Å². The van der Waals surface area contributed by atoms with Crippen LogP contribution in [0.2, 0.25) is 0 Å². The Morgan fingerprint density at radius 1 is 0.914 bits per heavy atom. The topological polar surface area (TPSA) is 71.5 Å². The lowest BCUT2D eigenvalue weighted by Crippen LogP contribution is -2.00. The Hall–Kier alpha value is -3.58. The van der Waals surface area contributed by atoms with E-state index in [9.17, 15) is 14.3 Å². The zero-order valence-electron chi connectivity index (χ0n) is 19.6. The van der Waals surface area contributed by atoms with Gasteiger partial charge in [-0.3, -0.25) is 9.78 Å². The fraction of sp³-hybridized carbons (Fsp3) is 0.250. The van der Waals surface area contributed by atoms with Gasteiger partial charge in [0.05, 0.1) is 11.5 Å². The van der Waals surface area contributed by atoms with E-state index in [2.05, 4.69) is 24.0 Å². The summed E-state index contributed by atoms with van der Waals surface area (Å²) in [5.74, 6) is 1.68. The Kier molecular flexibility index (Phi) is 8.21. The van der Waals surface area contributed by atoms with E-state index in [1.54, 1.807) is 12.1 Å². The Labute approximate surface area is 207 Å². The summed E-state index contributed by atoms with van der Waals surface area (Å²) in [4.78, 5) is 14.1. The summed E-state index contributed by atoms with van der Waals surface area (Å²) in [5, 5.41) is 9.88. The summed E-state index contributed by atoms with van der Waals surface area (Å²) < 4.78 is 24.9. The van der Waals surface area contributed by atoms with Crippen LogP contribution >= 0.6 is 11.3 Å². The number of ether oxygens (including phenoxy) is 2. The van der Waals surface area contributed by atoms with Crippen molar-refractivity contribution < 1.29 is 19.0 Å². The standard InChI is InChI=1S/C28H28FNO4S/c1-2-6-20-17-25(34-23-14-11-22(29)12-15-23)13-10-19(20)7-3-4-16-33-24-9-5-8-21(18-24)26-27(31)30-28(32)35-26/h5,8-15,17-18,31H,2-4,6-7,16H2,1H3,(H,30,32).